The van der Waals surface area contributed by atoms with Gasteiger partial charge in [0.15, 0.2) is 0 Å². The number of hydrogen-bond acceptors (Lipinski definition) is 3. The van der Waals surface area contributed by atoms with Gasteiger partial charge >= 0.3 is 0 Å². The first kappa shape index (κ1) is 15.1. The van der Waals surface area contributed by atoms with Crippen LogP contribution in [0.1, 0.15) is 64.2 Å². The first-order valence-corrected chi connectivity index (χ1v) is 10.3. The molecule has 128 valence electrons. The van der Waals surface area contributed by atoms with Gasteiger partial charge in [0.25, 0.3) is 0 Å². The molecule has 5 fully saturated rings. The molecule has 0 saturated heterocycles. The van der Waals surface area contributed by atoms with Gasteiger partial charge < -0.3 is 0 Å². The van der Waals surface area contributed by atoms with Gasteiger partial charge in [-0.2, -0.15) is 10.3 Å². The molecule has 0 N–H and O–H groups in total. The summed E-state index contributed by atoms with van der Waals surface area (Å²) in [5, 5.41) is 9.21. The highest BCUT2D eigenvalue weighted by Crippen LogP contribution is 2.62. The first-order valence-electron chi connectivity index (χ1n) is 10.3. The number of hydrogen-bond donors (Lipinski definition) is 0. The fourth-order valence-corrected chi connectivity index (χ4v) is 7.83. The first-order chi connectivity index (χ1) is 11.8. The summed E-state index contributed by atoms with van der Waals surface area (Å²) in [6.45, 7) is 0. The number of ketones is 1. The maximum Gasteiger partial charge on any atom is 0.205 e. The van der Waals surface area contributed by atoms with Gasteiger partial charge in [-0.15, -0.1) is 0 Å². The van der Waals surface area contributed by atoms with E-state index in [2.05, 4.69) is 11.2 Å². The van der Waals surface area contributed by atoms with Gasteiger partial charge in [0.05, 0.1) is 0 Å². The predicted octanol–water partition coefficient (Wildman–Crippen LogP) is 4.38. The second-order valence-corrected chi connectivity index (χ2v) is 9.10. The molecule has 0 bridgehead atoms. The van der Waals surface area contributed by atoms with Crippen molar-refractivity contribution in [2.45, 2.75) is 64.2 Å². The molecule has 5 saturated carbocycles. The summed E-state index contributed by atoms with van der Waals surface area (Å²) in [5.74, 6) is 4.81. The molecule has 24 heavy (non-hydrogen) atoms. The molecular weight excluding hydrogens is 296 g/mol. The third kappa shape index (κ3) is 1.95. The van der Waals surface area contributed by atoms with Crippen molar-refractivity contribution in [2.75, 3.05) is 0 Å². The molecule has 0 heterocycles. The lowest BCUT2D eigenvalue weighted by Crippen LogP contribution is -2.38. The van der Waals surface area contributed by atoms with Crippen molar-refractivity contribution in [1.82, 2.24) is 0 Å². The molecule has 0 aromatic heterocycles. The molecule has 0 radical (unpaired) electrons. The van der Waals surface area contributed by atoms with E-state index < -0.39 is 0 Å². The predicted molar refractivity (Wildman–Crippen MR) is 92.1 cm³/mol. The van der Waals surface area contributed by atoms with E-state index in [-0.39, 0.29) is 0 Å². The van der Waals surface area contributed by atoms with Crippen molar-refractivity contribution in [3.63, 3.8) is 0 Å². The Morgan fingerprint density at radius 1 is 0.792 bits per heavy atom. The molecule has 5 aliphatic rings. The normalized spacial score (nSPS) is 51.5. The number of aliphatic imine (C=N–C) groups is 1. The van der Waals surface area contributed by atoms with E-state index in [9.17, 15) is 10.1 Å². The van der Waals surface area contributed by atoms with Crippen molar-refractivity contribution in [3.05, 3.63) is 0 Å². The Kier molecular flexibility index (Phi) is 3.58. The van der Waals surface area contributed by atoms with E-state index in [0.717, 1.165) is 6.42 Å². The molecule has 0 amide bonds. The van der Waals surface area contributed by atoms with Crippen molar-refractivity contribution in [2.24, 2.45) is 52.3 Å². The molecule has 0 spiro atoms. The summed E-state index contributed by atoms with van der Waals surface area (Å²) < 4.78 is 0. The summed E-state index contributed by atoms with van der Waals surface area (Å²) in [7, 11) is 0. The van der Waals surface area contributed by atoms with E-state index in [1.54, 1.807) is 0 Å². The lowest BCUT2D eigenvalue weighted by Gasteiger charge is -2.40. The summed E-state index contributed by atoms with van der Waals surface area (Å²) in [6, 6.07) is 0. The van der Waals surface area contributed by atoms with Crippen LogP contribution in [0.2, 0.25) is 0 Å². The van der Waals surface area contributed by atoms with E-state index in [4.69, 9.17) is 0 Å². The Morgan fingerprint density at radius 3 is 2.29 bits per heavy atom. The van der Waals surface area contributed by atoms with E-state index in [1.165, 1.54) is 63.5 Å². The topological polar surface area (TPSA) is 53.2 Å². The second kappa shape index (κ2) is 5.68. The minimum absolute atomic E-state index is 0.314. The lowest BCUT2D eigenvalue weighted by atomic mass is 9.63. The number of rotatable bonds is 0. The molecule has 0 aromatic rings. The van der Waals surface area contributed by atoms with Crippen molar-refractivity contribution in [1.29, 1.82) is 5.26 Å². The molecule has 3 nitrogen and oxygen atoms in total. The van der Waals surface area contributed by atoms with Gasteiger partial charge in [-0.1, -0.05) is 25.7 Å². The van der Waals surface area contributed by atoms with Crippen molar-refractivity contribution in [3.8, 4) is 6.19 Å². The highest BCUT2D eigenvalue weighted by Gasteiger charge is 2.62. The van der Waals surface area contributed by atoms with Crippen LogP contribution < -0.4 is 0 Å². The molecule has 3 heteroatoms. The van der Waals surface area contributed by atoms with Crippen LogP contribution in [-0.2, 0) is 4.79 Å². The van der Waals surface area contributed by atoms with Gasteiger partial charge in [-0.25, -0.2) is 0 Å². The fraction of sp³-hybridized carbons (Fsp3) is 0.857. The maximum absolute atomic E-state index is 13.4. The number of Topliss-reactive ketones (excluding diaryl/α,β-unsaturated/α-hetero) is 1. The number of carbonyl (C=O) groups is 1. The molecule has 8 unspecified atom stereocenters. The minimum atomic E-state index is 0.314. The monoisotopic (exact) mass is 324 g/mol. The number of nitrogens with zero attached hydrogens (tertiary/aromatic N) is 2. The smallest absolute Gasteiger partial charge is 0.205 e. The Morgan fingerprint density at radius 2 is 1.50 bits per heavy atom. The van der Waals surface area contributed by atoms with Gasteiger partial charge in [0.2, 0.25) is 6.19 Å². The van der Waals surface area contributed by atoms with E-state index in [1.807, 2.05) is 0 Å². The Labute approximate surface area is 144 Å². The third-order valence-corrected chi connectivity index (χ3v) is 8.47. The third-order valence-electron chi connectivity index (χ3n) is 8.47. The van der Waals surface area contributed by atoms with Crippen LogP contribution in [0.25, 0.3) is 0 Å². The van der Waals surface area contributed by atoms with Crippen LogP contribution in [0.3, 0.4) is 0 Å². The van der Waals surface area contributed by atoms with Crippen LogP contribution in [0, 0.1) is 58.8 Å². The minimum Gasteiger partial charge on any atom is -0.299 e. The Balaban J connectivity index is 1.54. The van der Waals surface area contributed by atoms with Gasteiger partial charge in [-0.3, -0.25) is 4.79 Å². The van der Waals surface area contributed by atoms with E-state index in [0.29, 0.717) is 53.1 Å². The molecular formula is C21H28N2O. The number of carbonyl (C=O) groups excluding carboxylic acids is 1. The zero-order chi connectivity index (χ0) is 16.3. The molecule has 5 rings (SSSR count). The molecule has 8 atom stereocenters. The fourth-order valence-electron chi connectivity index (χ4n) is 7.83. The van der Waals surface area contributed by atoms with E-state index >= 15 is 0 Å². The largest absolute Gasteiger partial charge is 0.299 e. The van der Waals surface area contributed by atoms with Gasteiger partial charge in [0, 0.05) is 29.4 Å². The Bertz CT molecular complexity index is 618. The number of nitriles is 1. The number of fused-ring (bicyclic) bond motifs is 7. The summed E-state index contributed by atoms with van der Waals surface area (Å²) in [6.07, 6.45) is 14.6. The maximum atomic E-state index is 13.4. The average Bonchev–Trinajstić information content (AvgIpc) is 3.10. The zero-order valence-electron chi connectivity index (χ0n) is 14.5. The molecule has 0 aromatic carbocycles. The summed E-state index contributed by atoms with van der Waals surface area (Å²) in [4.78, 5) is 17.7. The lowest BCUT2D eigenvalue weighted by molar-refractivity contribution is -0.128. The summed E-state index contributed by atoms with van der Waals surface area (Å²) >= 11 is 0. The second-order valence-electron chi connectivity index (χ2n) is 9.10. The van der Waals surface area contributed by atoms with Gasteiger partial charge in [0.1, 0.15) is 5.78 Å². The van der Waals surface area contributed by atoms with Crippen LogP contribution in [-0.4, -0.2) is 11.5 Å². The van der Waals surface area contributed by atoms with Crippen molar-refractivity contribution < 1.29 is 4.79 Å². The van der Waals surface area contributed by atoms with Crippen LogP contribution >= 0.6 is 0 Å². The average molecular weight is 324 g/mol. The molecule has 5 aliphatic carbocycles. The highest BCUT2D eigenvalue weighted by atomic mass is 16.1. The standard InChI is InChI=1S/C21H28N2O/c22-11-23-20-15-7-3-2-6-13(15)18-17(20)10-9-14-12-5-1-4-8-16(12)21(24)19(14)18/h12-19H,1-10H2. The Hall–Kier alpha value is -1.17. The van der Waals surface area contributed by atoms with Crippen LogP contribution in [0.5, 0.6) is 0 Å². The zero-order valence-corrected chi connectivity index (χ0v) is 14.5. The van der Waals surface area contributed by atoms with Crippen LogP contribution in [0.4, 0.5) is 0 Å². The van der Waals surface area contributed by atoms with Gasteiger partial charge in [-0.05, 0) is 62.2 Å². The summed E-state index contributed by atoms with van der Waals surface area (Å²) in [5.41, 5.74) is 1.20. The van der Waals surface area contributed by atoms with Crippen LogP contribution in [0.15, 0.2) is 4.99 Å². The SMILES string of the molecule is N#CN=C1C2CCCCC2C2C1CCC1C3CCCCC3C(=O)C12. The quantitative estimate of drug-likeness (QED) is 0.621. The highest BCUT2D eigenvalue weighted by molar-refractivity contribution is 5.95. The van der Waals surface area contributed by atoms with Crippen molar-refractivity contribution >= 4 is 11.5 Å². The molecule has 0 aliphatic heterocycles.